The lowest BCUT2D eigenvalue weighted by Gasteiger charge is -2.17. The van der Waals surface area contributed by atoms with E-state index >= 15 is 0 Å². The molecule has 3 rings (SSSR count). The van der Waals surface area contributed by atoms with Crippen molar-refractivity contribution in [1.82, 2.24) is 0 Å². The fourth-order valence-corrected chi connectivity index (χ4v) is 3.76. The molecule has 0 aliphatic heterocycles. The number of rotatable bonds is 3. The lowest BCUT2D eigenvalue weighted by Crippen LogP contribution is -2.16. The van der Waals surface area contributed by atoms with Crippen LogP contribution >= 0.6 is 9.24 Å². The Labute approximate surface area is 152 Å². The van der Waals surface area contributed by atoms with Crippen molar-refractivity contribution in [3.05, 3.63) is 88.0 Å². The van der Waals surface area contributed by atoms with Crippen LogP contribution in [0.15, 0.2) is 54.6 Å². The second-order valence-corrected chi connectivity index (χ2v) is 7.22. The van der Waals surface area contributed by atoms with E-state index in [0.717, 1.165) is 49.8 Å². The van der Waals surface area contributed by atoms with Crippen LogP contribution in [0, 0.1) is 27.7 Å². The van der Waals surface area contributed by atoms with Crippen molar-refractivity contribution in [2.45, 2.75) is 27.7 Å². The number of benzene rings is 3. The van der Waals surface area contributed by atoms with Gasteiger partial charge in [0.15, 0.2) is 5.78 Å². The molecule has 0 amide bonds. The molecule has 0 radical (unpaired) electrons. The number of ketones is 1. The van der Waals surface area contributed by atoms with E-state index in [4.69, 9.17) is 0 Å². The highest BCUT2D eigenvalue weighted by Crippen LogP contribution is 2.29. The topological polar surface area (TPSA) is 17.1 Å². The van der Waals surface area contributed by atoms with E-state index in [2.05, 4.69) is 41.3 Å². The maximum Gasteiger partial charge on any atom is 0.194 e. The molecule has 3 aromatic carbocycles. The van der Waals surface area contributed by atoms with Crippen LogP contribution in [-0.2, 0) is 0 Å². The minimum atomic E-state index is 0.103. The van der Waals surface area contributed by atoms with Gasteiger partial charge >= 0.3 is 0 Å². The van der Waals surface area contributed by atoms with Gasteiger partial charge in [-0.3, -0.25) is 4.79 Å². The molecule has 0 aliphatic carbocycles. The van der Waals surface area contributed by atoms with Gasteiger partial charge in [0.2, 0.25) is 0 Å². The standard InChI is InChI=1S/C23H23OP/c1-14-13-15(2)17(4)21(16(14)3)23(24)22-19(11-8-12-20(22)25)18-9-6-5-7-10-18/h5-13H,25H2,1-4H3. The Balaban J connectivity index is 2.27. The zero-order chi connectivity index (χ0) is 18.1. The number of hydrogen-bond acceptors (Lipinski definition) is 1. The van der Waals surface area contributed by atoms with E-state index in [1.54, 1.807) is 0 Å². The van der Waals surface area contributed by atoms with Crippen LogP contribution in [0.4, 0.5) is 0 Å². The summed E-state index contributed by atoms with van der Waals surface area (Å²) in [5.74, 6) is 0.103. The van der Waals surface area contributed by atoms with Crippen LogP contribution in [0.25, 0.3) is 11.1 Å². The molecular weight excluding hydrogens is 323 g/mol. The van der Waals surface area contributed by atoms with Gasteiger partial charge < -0.3 is 0 Å². The predicted molar refractivity (Wildman–Crippen MR) is 110 cm³/mol. The minimum Gasteiger partial charge on any atom is -0.289 e. The van der Waals surface area contributed by atoms with Gasteiger partial charge in [-0.15, -0.1) is 9.24 Å². The number of carbonyl (C=O) groups is 1. The highest BCUT2D eigenvalue weighted by molar-refractivity contribution is 7.27. The molecule has 0 aromatic heterocycles. The summed E-state index contributed by atoms with van der Waals surface area (Å²) < 4.78 is 0. The van der Waals surface area contributed by atoms with Gasteiger partial charge in [0.05, 0.1) is 0 Å². The molecule has 0 bridgehead atoms. The van der Waals surface area contributed by atoms with Crippen molar-refractivity contribution in [1.29, 1.82) is 0 Å². The van der Waals surface area contributed by atoms with E-state index in [0.29, 0.717) is 0 Å². The van der Waals surface area contributed by atoms with Gasteiger partial charge in [-0.2, -0.15) is 0 Å². The molecule has 1 atom stereocenters. The molecule has 0 spiro atoms. The highest BCUT2D eigenvalue weighted by atomic mass is 31.0. The summed E-state index contributed by atoms with van der Waals surface area (Å²) in [6, 6.07) is 18.3. The minimum absolute atomic E-state index is 0.103. The van der Waals surface area contributed by atoms with Gasteiger partial charge in [-0.1, -0.05) is 54.6 Å². The lowest BCUT2D eigenvalue weighted by molar-refractivity contribution is 0.103. The Hall–Kier alpha value is -2.24. The molecule has 1 unspecified atom stereocenters. The second-order valence-electron chi connectivity index (χ2n) is 6.60. The Morgan fingerprint density at radius 3 is 1.96 bits per heavy atom. The van der Waals surface area contributed by atoms with E-state index in [-0.39, 0.29) is 5.78 Å². The van der Waals surface area contributed by atoms with Crippen molar-refractivity contribution in [2.24, 2.45) is 0 Å². The molecule has 0 saturated carbocycles. The molecule has 2 heteroatoms. The summed E-state index contributed by atoms with van der Waals surface area (Å²) in [5.41, 5.74) is 8.12. The quantitative estimate of drug-likeness (QED) is 0.463. The molecule has 126 valence electrons. The van der Waals surface area contributed by atoms with Gasteiger partial charge in [0, 0.05) is 11.1 Å². The fourth-order valence-electron chi connectivity index (χ4n) is 3.36. The van der Waals surface area contributed by atoms with Crippen molar-refractivity contribution < 1.29 is 4.79 Å². The van der Waals surface area contributed by atoms with Crippen LogP contribution in [0.2, 0.25) is 0 Å². The van der Waals surface area contributed by atoms with Crippen LogP contribution < -0.4 is 5.30 Å². The maximum absolute atomic E-state index is 13.6. The monoisotopic (exact) mass is 346 g/mol. The molecule has 3 aromatic rings. The highest BCUT2D eigenvalue weighted by Gasteiger charge is 2.22. The SMILES string of the molecule is Cc1cc(C)c(C)c(C(=O)c2c(P)cccc2-c2ccccc2)c1C. The van der Waals surface area contributed by atoms with Crippen LogP contribution in [-0.4, -0.2) is 5.78 Å². The summed E-state index contributed by atoms with van der Waals surface area (Å²) in [5, 5.41) is 0.935. The summed E-state index contributed by atoms with van der Waals surface area (Å²) >= 11 is 0. The van der Waals surface area contributed by atoms with E-state index in [1.165, 1.54) is 0 Å². The van der Waals surface area contributed by atoms with Gasteiger partial charge in [0.1, 0.15) is 0 Å². The van der Waals surface area contributed by atoms with Crippen LogP contribution in [0.5, 0.6) is 0 Å². The Morgan fingerprint density at radius 1 is 0.760 bits per heavy atom. The molecule has 0 N–H and O–H groups in total. The van der Waals surface area contributed by atoms with Crippen molar-refractivity contribution in [3.63, 3.8) is 0 Å². The third-order valence-electron chi connectivity index (χ3n) is 5.00. The van der Waals surface area contributed by atoms with E-state index in [9.17, 15) is 4.79 Å². The van der Waals surface area contributed by atoms with Crippen molar-refractivity contribution >= 4 is 20.3 Å². The Kier molecular flexibility index (Phi) is 4.88. The molecule has 25 heavy (non-hydrogen) atoms. The number of hydrogen-bond donors (Lipinski definition) is 0. The van der Waals surface area contributed by atoms with E-state index in [1.807, 2.05) is 50.2 Å². The predicted octanol–water partition coefficient (Wildman–Crippen LogP) is 5.32. The third kappa shape index (κ3) is 3.17. The number of carbonyl (C=O) groups excluding carboxylic acids is 1. The summed E-state index contributed by atoms with van der Waals surface area (Å²) in [6.07, 6.45) is 0. The molecule has 0 saturated heterocycles. The van der Waals surface area contributed by atoms with Crippen molar-refractivity contribution in [3.8, 4) is 11.1 Å². The largest absolute Gasteiger partial charge is 0.289 e. The van der Waals surface area contributed by atoms with Gasteiger partial charge in [0.25, 0.3) is 0 Å². The van der Waals surface area contributed by atoms with Gasteiger partial charge in [-0.05, 0) is 66.4 Å². The third-order valence-corrected chi connectivity index (χ3v) is 5.48. The molecular formula is C23H23OP. The Morgan fingerprint density at radius 2 is 1.36 bits per heavy atom. The van der Waals surface area contributed by atoms with Crippen molar-refractivity contribution in [2.75, 3.05) is 0 Å². The average molecular weight is 346 g/mol. The normalized spacial score (nSPS) is 10.8. The zero-order valence-electron chi connectivity index (χ0n) is 15.2. The van der Waals surface area contributed by atoms with Crippen LogP contribution in [0.1, 0.15) is 38.2 Å². The smallest absolute Gasteiger partial charge is 0.194 e. The van der Waals surface area contributed by atoms with Crippen LogP contribution in [0.3, 0.4) is 0 Å². The first-order valence-electron chi connectivity index (χ1n) is 8.47. The maximum atomic E-state index is 13.6. The summed E-state index contributed by atoms with van der Waals surface area (Å²) in [4.78, 5) is 13.6. The fraction of sp³-hybridized carbons (Fsp3) is 0.174. The molecule has 0 heterocycles. The second kappa shape index (κ2) is 6.94. The first-order chi connectivity index (χ1) is 11.9. The zero-order valence-corrected chi connectivity index (χ0v) is 16.3. The molecule has 0 aliphatic rings. The number of aryl methyl sites for hydroxylation is 2. The Bertz CT molecular complexity index is 929. The summed E-state index contributed by atoms with van der Waals surface area (Å²) in [6.45, 7) is 8.23. The summed E-state index contributed by atoms with van der Waals surface area (Å²) in [7, 11) is 2.73. The first-order valence-corrected chi connectivity index (χ1v) is 9.05. The van der Waals surface area contributed by atoms with Gasteiger partial charge in [-0.25, -0.2) is 0 Å². The average Bonchev–Trinajstić information content (AvgIpc) is 2.60. The molecule has 0 fully saturated rings. The first kappa shape index (κ1) is 17.6. The molecule has 1 nitrogen and oxygen atoms in total. The van der Waals surface area contributed by atoms with E-state index < -0.39 is 0 Å². The lowest BCUT2D eigenvalue weighted by atomic mass is 9.86.